The maximum Gasteiger partial charge on any atom is 0.191 e. The molecule has 0 radical (unpaired) electrons. The number of nitrogens with one attached hydrogen (secondary N) is 2. The van der Waals surface area contributed by atoms with E-state index in [4.69, 9.17) is 19.2 Å². The van der Waals surface area contributed by atoms with Gasteiger partial charge in [0.15, 0.2) is 17.5 Å². The molecule has 0 amide bonds. The molecule has 7 heteroatoms. The molecule has 1 aliphatic rings. The highest BCUT2D eigenvalue weighted by molar-refractivity contribution is 5.79. The molecule has 0 aromatic heterocycles. The van der Waals surface area contributed by atoms with Gasteiger partial charge in [-0.2, -0.15) is 0 Å². The summed E-state index contributed by atoms with van der Waals surface area (Å²) in [7, 11) is 4.89. The van der Waals surface area contributed by atoms with Crippen LogP contribution in [0.3, 0.4) is 0 Å². The summed E-state index contributed by atoms with van der Waals surface area (Å²) < 4.78 is 16.2. The van der Waals surface area contributed by atoms with Gasteiger partial charge in [0.2, 0.25) is 0 Å². The van der Waals surface area contributed by atoms with Crippen LogP contribution in [0.15, 0.2) is 17.1 Å². The molecule has 1 saturated heterocycles. The predicted octanol–water partition coefficient (Wildman–Crippen LogP) is 2.25. The van der Waals surface area contributed by atoms with Crippen molar-refractivity contribution in [3.05, 3.63) is 17.7 Å². The van der Waals surface area contributed by atoms with E-state index in [0.29, 0.717) is 18.0 Å². The van der Waals surface area contributed by atoms with Gasteiger partial charge >= 0.3 is 0 Å². The molecular formula is C20H34N4O3. The number of methoxy groups -OCH3 is 3. The molecule has 2 rings (SSSR count). The lowest BCUT2D eigenvalue weighted by atomic mass is 10.1. The van der Waals surface area contributed by atoms with Crippen LogP contribution in [0.5, 0.6) is 17.2 Å². The Morgan fingerprint density at radius 2 is 1.63 bits per heavy atom. The van der Waals surface area contributed by atoms with Crippen LogP contribution in [-0.4, -0.2) is 64.9 Å². The summed E-state index contributed by atoms with van der Waals surface area (Å²) in [5.74, 6) is 2.87. The normalized spacial score (nSPS) is 15.3. The molecule has 0 aliphatic carbocycles. The topological polar surface area (TPSA) is 67.4 Å². The summed E-state index contributed by atoms with van der Waals surface area (Å²) in [6.45, 7) is 7.72. The Kier molecular flexibility index (Phi) is 9.04. The zero-order valence-electron chi connectivity index (χ0n) is 17.1. The quantitative estimate of drug-likeness (QED) is 0.508. The van der Waals surface area contributed by atoms with Gasteiger partial charge < -0.3 is 29.7 Å². The van der Waals surface area contributed by atoms with Gasteiger partial charge in [-0.05, 0) is 38.9 Å². The molecule has 1 aromatic carbocycles. The van der Waals surface area contributed by atoms with Gasteiger partial charge in [-0.1, -0.05) is 6.42 Å². The van der Waals surface area contributed by atoms with Crippen LogP contribution in [0.1, 0.15) is 31.7 Å². The maximum absolute atomic E-state index is 5.49. The minimum Gasteiger partial charge on any atom is -0.496 e. The molecule has 0 unspecified atom stereocenters. The lowest BCUT2D eigenvalue weighted by Crippen LogP contribution is -2.42. The highest BCUT2D eigenvalue weighted by Gasteiger charge is 2.12. The first-order valence-corrected chi connectivity index (χ1v) is 9.75. The van der Waals surface area contributed by atoms with Crippen molar-refractivity contribution in [3.8, 4) is 17.2 Å². The first kappa shape index (κ1) is 21.2. The second-order valence-corrected chi connectivity index (χ2v) is 6.54. The molecule has 1 aliphatic heterocycles. The van der Waals surface area contributed by atoms with E-state index in [1.54, 1.807) is 21.3 Å². The Morgan fingerprint density at radius 1 is 0.963 bits per heavy atom. The third kappa shape index (κ3) is 6.50. The molecule has 0 saturated carbocycles. The number of nitrogens with zero attached hydrogens (tertiary/aromatic N) is 2. The predicted molar refractivity (Wildman–Crippen MR) is 109 cm³/mol. The number of hydrogen-bond donors (Lipinski definition) is 2. The number of likely N-dealkylation sites (tertiary alicyclic amines) is 1. The minimum absolute atomic E-state index is 0.489. The Morgan fingerprint density at radius 3 is 2.26 bits per heavy atom. The molecule has 1 fully saturated rings. The number of ether oxygens (including phenoxy) is 3. The van der Waals surface area contributed by atoms with Gasteiger partial charge in [0.1, 0.15) is 5.75 Å². The maximum atomic E-state index is 5.49. The van der Waals surface area contributed by atoms with Gasteiger partial charge in [-0.25, -0.2) is 4.99 Å². The van der Waals surface area contributed by atoms with Crippen molar-refractivity contribution in [2.45, 2.75) is 32.7 Å². The van der Waals surface area contributed by atoms with E-state index >= 15 is 0 Å². The van der Waals surface area contributed by atoms with Crippen molar-refractivity contribution in [2.24, 2.45) is 4.99 Å². The lowest BCUT2D eigenvalue weighted by Gasteiger charge is -2.26. The molecule has 1 aromatic rings. The van der Waals surface area contributed by atoms with E-state index in [1.165, 1.54) is 32.4 Å². The number of piperidine rings is 1. The monoisotopic (exact) mass is 378 g/mol. The standard InChI is InChI=1S/C20H34N4O3/c1-5-21-20(22-9-12-24-10-7-6-8-11-24)23-15-16-13-18(26-3)19(27-4)14-17(16)25-2/h13-14H,5-12,15H2,1-4H3,(H2,21,22,23). The first-order chi connectivity index (χ1) is 13.2. The van der Waals surface area contributed by atoms with Crippen molar-refractivity contribution < 1.29 is 14.2 Å². The fourth-order valence-electron chi connectivity index (χ4n) is 3.24. The first-order valence-electron chi connectivity index (χ1n) is 9.75. The van der Waals surface area contributed by atoms with Gasteiger partial charge in [0.25, 0.3) is 0 Å². The van der Waals surface area contributed by atoms with Crippen molar-refractivity contribution >= 4 is 5.96 Å². The fourth-order valence-corrected chi connectivity index (χ4v) is 3.24. The Bertz CT molecular complexity index is 601. The van der Waals surface area contributed by atoms with E-state index in [-0.39, 0.29) is 0 Å². The molecule has 27 heavy (non-hydrogen) atoms. The van der Waals surface area contributed by atoms with Crippen LogP contribution in [0.4, 0.5) is 0 Å². The Labute approximate surface area is 163 Å². The van der Waals surface area contributed by atoms with E-state index in [1.807, 2.05) is 12.1 Å². The van der Waals surface area contributed by atoms with Crippen molar-refractivity contribution in [2.75, 3.05) is 54.1 Å². The molecule has 152 valence electrons. The van der Waals surface area contributed by atoms with Gasteiger partial charge in [-0.3, -0.25) is 0 Å². The lowest BCUT2D eigenvalue weighted by molar-refractivity contribution is 0.232. The van der Waals surface area contributed by atoms with Crippen LogP contribution in [0, 0.1) is 0 Å². The van der Waals surface area contributed by atoms with E-state index in [9.17, 15) is 0 Å². The van der Waals surface area contributed by atoms with Crippen molar-refractivity contribution in [1.29, 1.82) is 0 Å². The van der Waals surface area contributed by atoms with Crippen LogP contribution in [-0.2, 0) is 6.54 Å². The van der Waals surface area contributed by atoms with Gasteiger partial charge in [-0.15, -0.1) is 0 Å². The molecule has 2 N–H and O–H groups in total. The van der Waals surface area contributed by atoms with Crippen LogP contribution < -0.4 is 24.8 Å². The second kappa shape index (κ2) is 11.5. The third-order valence-electron chi connectivity index (χ3n) is 4.71. The number of rotatable bonds is 9. The van der Waals surface area contributed by atoms with E-state index < -0.39 is 0 Å². The number of guanidine groups is 1. The van der Waals surface area contributed by atoms with E-state index in [0.717, 1.165) is 36.9 Å². The summed E-state index contributed by atoms with van der Waals surface area (Å²) in [5.41, 5.74) is 0.948. The minimum atomic E-state index is 0.489. The average Bonchev–Trinajstić information content (AvgIpc) is 2.72. The number of aliphatic imine (C=N–C) groups is 1. The van der Waals surface area contributed by atoms with Crippen molar-refractivity contribution in [3.63, 3.8) is 0 Å². The molecule has 0 spiro atoms. The highest BCUT2D eigenvalue weighted by atomic mass is 16.5. The third-order valence-corrected chi connectivity index (χ3v) is 4.71. The Hall–Kier alpha value is -2.15. The summed E-state index contributed by atoms with van der Waals surface area (Å²) in [6.07, 6.45) is 3.99. The average molecular weight is 379 g/mol. The highest BCUT2D eigenvalue weighted by Crippen LogP contribution is 2.34. The summed E-state index contributed by atoms with van der Waals surface area (Å²) in [6, 6.07) is 3.75. The molecule has 1 heterocycles. The summed E-state index contributed by atoms with van der Waals surface area (Å²) in [4.78, 5) is 7.22. The zero-order chi connectivity index (χ0) is 19.5. The number of hydrogen-bond acceptors (Lipinski definition) is 5. The van der Waals surface area contributed by atoms with Crippen LogP contribution in [0.25, 0.3) is 0 Å². The van der Waals surface area contributed by atoms with Gasteiger partial charge in [0.05, 0.1) is 27.9 Å². The Balaban J connectivity index is 2.00. The van der Waals surface area contributed by atoms with E-state index in [2.05, 4.69) is 22.5 Å². The molecule has 0 bridgehead atoms. The van der Waals surface area contributed by atoms with Gasteiger partial charge in [0, 0.05) is 31.3 Å². The summed E-state index contributed by atoms with van der Waals surface area (Å²) >= 11 is 0. The fraction of sp³-hybridized carbons (Fsp3) is 0.650. The smallest absolute Gasteiger partial charge is 0.191 e. The van der Waals surface area contributed by atoms with Crippen molar-refractivity contribution in [1.82, 2.24) is 15.5 Å². The SMILES string of the molecule is CCNC(=NCc1cc(OC)c(OC)cc1OC)NCCN1CCCCC1. The summed E-state index contributed by atoms with van der Waals surface area (Å²) in [5, 5.41) is 6.73. The van der Waals surface area contributed by atoms with Crippen LogP contribution >= 0.6 is 0 Å². The largest absolute Gasteiger partial charge is 0.496 e. The molecule has 0 atom stereocenters. The van der Waals surface area contributed by atoms with Crippen LogP contribution in [0.2, 0.25) is 0 Å². The molecular weight excluding hydrogens is 344 g/mol. The second-order valence-electron chi connectivity index (χ2n) is 6.54. The molecule has 7 nitrogen and oxygen atoms in total. The zero-order valence-corrected chi connectivity index (χ0v) is 17.1. The number of benzene rings is 1.